The lowest BCUT2D eigenvalue weighted by molar-refractivity contribution is -0.126. The molecule has 0 spiro atoms. The summed E-state index contributed by atoms with van der Waals surface area (Å²) in [6.07, 6.45) is 3.78. The predicted molar refractivity (Wildman–Crippen MR) is 74.1 cm³/mol. The molecule has 0 aromatic heterocycles. The van der Waals surface area contributed by atoms with Crippen LogP contribution in [0.15, 0.2) is 24.3 Å². The molecule has 1 aliphatic carbocycles. The number of nitrogens with one attached hydrogen (secondary N) is 1. The van der Waals surface area contributed by atoms with Crippen molar-refractivity contribution in [2.45, 2.75) is 44.9 Å². The fourth-order valence-electron chi connectivity index (χ4n) is 2.68. The van der Waals surface area contributed by atoms with E-state index in [2.05, 4.69) is 5.32 Å². The molecule has 0 heterocycles. The van der Waals surface area contributed by atoms with Gasteiger partial charge in [0.1, 0.15) is 0 Å². The minimum absolute atomic E-state index is 0.000344. The summed E-state index contributed by atoms with van der Waals surface area (Å²) in [5.74, 6) is 0.132. The SMILES string of the molecule is N[C@@H]1CCC[C@@H](C(=O)NCc2ccccc2CO)C1. The Kier molecular flexibility index (Phi) is 4.93. The van der Waals surface area contributed by atoms with E-state index in [9.17, 15) is 9.90 Å². The first kappa shape index (κ1) is 14.0. The highest BCUT2D eigenvalue weighted by Crippen LogP contribution is 2.23. The monoisotopic (exact) mass is 262 g/mol. The maximum absolute atomic E-state index is 12.1. The van der Waals surface area contributed by atoms with Crippen LogP contribution in [0, 0.1) is 5.92 Å². The molecule has 4 N–H and O–H groups in total. The van der Waals surface area contributed by atoms with Crippen molar-refractivity contribution < 1.29 is 9.90 Å². The topological polar surface area (TPSA) is 75.4 Å². The van der Waals surface area contributed by atoms with Gasteiger partial charge < -0.3 is 16.2 Å². The van der Waals surface area contributed by atoms with Crippen LogP contribution in [0.5, 0.6) is 0 Å². The van der Waals surface area contributed by atoms with Gasteiger partial charge in [-0.1, -0.05) is 30.7 Å². The van der Waals surface area contributed by atoms with Crippen LogP contribution in [0.3, 0.4) is 0 Å². The molecule has 2 atom stereocenters. The molecule has 0 saturated heterocycles. The molecule has 0 unspecified atom stereocenters. The van der Waals surface area contributed by atoms with Gasteiger partial charge in [-0.15, -0.1) is 0 Å². The molecule has 1 fully saturated rings. The van der Waals surface area contributed by atoms with Crippen LogP contribution >= 0.6 is 0 Å². The van der Waals surface area contributed by atoms with E-state index >= 15 is 0 Å². The molecule has 0 aliphatic heterocycles. The average molecular weight is 262 g/mol. The van der Waals surface area contributed by atoms with Crippen molar-refractivity contribution in [2.24, 2.45) is 11.7 Å². The normalized spacial score (nSPS) is 23.1. The zero-order chi connectivity index (χ0) is 13.7. The molecule has 1 aromatic carbocycles. The molecule has 104 valence electrons. The van der Waals surface area contributed by atoms with Gasteiger partial charge in [-0.25, -0.2) is 0 Å². The van der Waals surface area contributed by atoms with E-state index in [1.165, 1.54) is 0 Å². The quantitative estimate of drug-likeness (QED) is 0.766. The number of amides is 1. The molecule has 4 heteroatoms. The van der Waals surface area contributed by atoms with Gasteiger partial charge >= 0.3 is 0 Å². The Bertz CT molecular complexity index is 434. The fourth-order valence-corrected chi connectivity index (χ4v) is 2.68. The lowest BCUT2D eigenvalue weighted by Crippen LogP contribution is -2.37. The van der Waals surface area contributed by atoms with Crippen LogP contribution in [0.25, 0.3) is 0 Å². The lowest BCUT2D eigenvalue weighted by Gasteiger charge is -2.25. The van der Waals surface area contributed by atoms with Crippen molar-refractivity contribution in [3.05, 3.63) is 35.4 Å². The first-order valence-electron chi connectivity index (χ1n) is 6.91. The maximum atomic E-state index is 12.1. The largest absolute Gasteiger partial charge is 0.392 e. The molecule has 1 aliphatic rings. The van der Waals surface area contributed by atoms with Crippen LogP contribution in [-0.4, -0.2) is 17.1 Å². The van der Waals surface area contributed by atoms with Crippen LogP contribution in [0.1, 0.15) is 36.8 Å². The number of nitrogens with two attached hydrogens (primary N) is 1. The summed E-state index contributed by atoms with van der Waals surface area (Å²) in [4.78, 5) is 12.1. The number of aliphatic hydroxyl groups excluding tert-OH is 1. The number of hydrogen-bond donors (Lipinski definition) is 3. The third kappa shape index (κ3) is 3.78. The zero-order valence-corrected chi connectivity index (χ0v) is 11.1. The Labute approximate surface area is 114 Å². The third-order valence-electron chi connectivity index (χ3n) is 3.83. The first-order chi connectivity index (χ1) is 9.20. The van der Waals surface area contributed by atoms with Crippen LogP contribution < -0.4 is 11.1 Å². The maximum Gasteiger partial charge on any atom is 0.223 e. The summed E-state index contributed by atoms with van der Waals surface area (Å²) in [6.45, 7) is 0.474. The van der Waals surface area contributed by atoms with Gasteiger partial charge in [-0.2, -0.15) is 0 Å². The molecule has 0 bridgehead atoms. The second kappa shape index (κ2) is 6.68. The summed E-state index contributed by atoms with van der Waals surface area (Å²) in [5, 5.41) is 12.2. The van der Waals surface area contributed by atoms with Crippen molar-refractivity contribution >= 4 is 5.91 Å². The van der Waals surface area contributed by atoms with Crippen molar-refractivity contribution in [1.29, 1.82) is 0 Å². The minimum atomic E-state index is 0.000344. The highest BCUT2D eigenvalue weighted by molar-refractivity contribution is 5.78. The van der Waals surface area contributed by atoms with Crippen LogP contribution in [-0.2, 0) is 17.9 Å². The van der Waals surface area contributed by atoms with Gasteiger partial charge in [0.05, 0.1) is 6.61 Å². The van der Waals surface area contributed by atoms with E-state index in [0.717, 1.165) is 36.8 Å². The van der Waals surface area contributed by atoms with Crippen molar-refractivity contribution in [3.8, 4) is 0 Å². The Morgan fingerprint density at radius 2 is 2.05 bits per heavy atom. The molecular formula is C15H22N2O2. The average Bonchev–Trinajstić information content (AvgIpc) is 2.45. The molecule has 19 heavy (non-hydrogen) atoms. The molecule has 1 aromatic rings. The second-order valence-electron chi connectivity index (χ2n) is 5.27. The molecule has 1 saturated carbocycles. The Morgan fingerprint density at radius 1 is 1.32 bits per heavy atom. The Morgan fingerprint density at radius 3 is 2.74 bits per heavy atom. The highest BCUT2D eigenvalue weighted by atomic mass is 16.3. The van der Waals surface area contributed by atoms with Crippen LogP contribution in [0.2, 0.25) is 0 Å². The van der Waals surface area contributed by atoms with E-state index in [4.69, 9.17) is 5.73 Å². The Hall–Kier alpha value is -1.39. The fraction of sp³-hybridized carbons (Fsp3) is 0.533. The third-order valence-corrected chi connectivity index (χ3v) is 3.83. The summed E-state index contributed by atoms with van der Waals surface area (Å²) in [5.41, 5.74) is 7.74. The molecular weight excluding hydrogens is 240 g/mol. The summed E-state index contributed by atoms with van der Waals surface area (Å²) in [6, 6.07) is 7.76. The standard InChI is InChI=1S/C15H22N2O2/c16-14-7-3-6-11(8-14)15(19)17-9-12-4-1-2-5-13(12)10-18/h1-2,4-5,11,14,18H,3,6-10,16H2,(H,17,19)/t11-,14-/m1/s1. The van der Waals surface area contributed by atoms with E-state index in [1.807, 2.05) is 24.3 Å². The number of carbonyl (C=O) groups excluding carboxylic acids is 1. The van der Waals surface area contributed by atoms with Crippen molar-refractivity contribution in [3.63, 3.8) is 0 Å². The van der Waals surface area contributed by atoms with E-state index in [0.29, 0.717) is 6.54 Å². The van der Waals surface area contributed by atoms with E-state index in [1.54, 1.807) is 0 Å². The second-order valence-corrected chi connectivity index (χ2v) is 5.27. The number of aliphatic hydroxyl groups is 1. The molecule has 0 radical (unpaired) electrons. The summed E-state index contributed by atoms with van der Waals surface area (Å²) in [7, 11) is 0. The Balaban J connectivity index is 1.89. The number of hydrogen-bond acceptors (Lipinski definition) is 3. The van der Waals surface area contributed by atoms with Crippen molar-refractivity contribution in [2.75, 3.05) is 0 Å². The molecule has 1 amide bonds. The zero-order valence-electron chi connectivity index (χ0n) is 11.1. The van der Waals surface area contributed by atoms with Gasteiger partial charge in [-0.05, 0) is 30.4 Å². The number of rotatable bonds is 4. The van der Waals surface area contributed by atoms with E-state index in [-0.39, 0.29) is 24.5 Å². The minimum Gasteiger partial charge on any atom is -0.392 e. The number of carbonyl (C=O) groups is 1. The van der Waals surface area contributed by atoms with Crippen LogP contribution in [0.4, 0.5) is 0 Å². The van der Waals surface area contributed by atoms with Gasteiger partial charge in [0.2, 0.25) is 5.91 Å². The molecule has 4 nitrogen and oxygen atoms in total. The predicted octanol–water partition coefficient (Wildman–Crippen LogP) is 1.31. The highest BCUT2D eigenvalue weighted by Gasteiger charge is 2.25. The van der Waals surface area contributed by atoms with Gasteiger partial charge in [0.25, 0.3) is 0 Å². The molecule has 2 rings (SSSR count). The smallest absolute Gasteiger partial charge is 0.223 e. The summed E-state index contributed by atoms with van der Waals surface area (Å²) >= 11 is 0. The number of benzene rings is 1. The summed E-state index contributed by atoms with van der Waals surface area (Å²) < 4.78 is 0. The van der Waals surface area contributed by atoms with Gasteiger partial charge in [0, 0.05) is 18.5 Å². The van der Waals surface area contributed by atoms with Gasteiger partial charge in [-0.3, -0.25) is 4.79 Å². The van der Waals surface area contributed by atoms with Crippen molar-refractivity contribution in [1.82, 2.24) is 5.32 Å². The van der Waals surface area contributed by atoms with Gasteiger partial charge in [0.15, 0.2) is 0 Å². The lowest BCUT2D eigenvalue weighted by atomic mass is 9.85. The first-order valence-corrected chi connectivity index (χ1v) is 6.91. The van der Waals surface area contributed by atoms with E-state index < -0.39 is 0 Å².